The van der Waals surface area contributed by atoms with Crippen LogP contribution in [-0.2, 0) is 20.0 Å². The molecule has 1 aliphatic heterocycles. The minimum absolute atomic E-state index is 0.203. The number of rotatable bonds is 6. The number of benzene rings is 1. The number of piperidine rings is 1. The third-order valence-electron chi connectivity index (χ3n) is 3.51. The maximum absolute atomic E-state index is 13.9. The number of sulfonamides is 2. The Balaban J connectivity index is 2.08. The lowest BCUT2D eigenvalue weighted by Crippen LogP contribution is -2.38. The third-order valence-corrected chi connectivity index (χ3v) is 5.52. The molecule has 1 heterocycles. The highest BCUT2D eigenvalue weighted by Crippen LogP contribution is 2.20. The fraction of sp³-hybridized carbons (Fsp3) is 0.538. The van der Waals surface area contributed by atoms with Crippen molar-refractivity contribution in [3.8, 4) is 0 Å². The molecule has 0 bridgehead atoms. The first-order valence-electron chi connectivity index (χ1n) is 7.15. The minimum Gasteiger partial charge on any atom is -0.316 e. The molecule has 0 radical (unpaired) electrons. The van der Waals surface area contributed by atoms with E-state index in [4.69, 9.17) is 0 Å². The Bertz CT molecular complexity index is 759. The van der Waals surface area contributed by atoms with Crippen LogP contribution in [0.5, 0.6) is 0 Å². The molecule has 3 N–H and O–H groups in total. The maximum Gasteiger partial charge on any atom is 0.240 e. The number of hydrogen-bond acceptors (Lipinski definition) is 5. The Morgan fingerprint density at radius 3 is 2.61 bits per heavy atom. The standard InChI is InChI=1S/C13H20FN3O4S2/c1-22(18,19)17-13-5-4-11(7-12(13)14)23(20,21)16-9-10-3-2-6-15-8-10/h4-5,7,10,15-17H,2-3,6,8-9H2,1H3. The first-order chi connectivity index (χ1) is 10.7. The molecule has 1 aromatic carbocycles. The molecule has 23 heavy (non-hydrogen) atoms. The fourth-order valence-corrected chi connectivity index (χ4v) is 4.05. The summed E-state index contributed by atoms with van der Waals surface area (Å²) in [6.07, 6.45) is 2.81. The molecule has 1 fully saturated rings. The van der Waals surface area contributed by atoms with E-state index in [0.717, 1.165) is 50.4 Å². The van der Waals surface area contributed by atoms with Gasteiger partial charge in [-0.05, 0) is 50.0 Å². The molecule has 1 aromatic rings. The van der Waals surface area contributed by atoms with Crippen LogP contribution in [0.15, 0.2) is 23.1 Å². The molecule has 7 nitrogen and oxygen atoms in total. The van der Waals surface area contributed by atoms with Gasteiger partial charge in [0.1, 0.15) is 5.82 Å². The predicted molar refractivity (Wildman–Crippen MR) is 85.6 cm³/mol. The van der Waals surface area contributed by atoms with Crippen LogP contribution < -0.4 is 14.8 Å². The van der Waals surface area contributed by atoms with Crippen LogP contribution in [0.1, 0.15) is 12.8 Å². The molecule has 1 unspecified atom stereocenters. The SMILES string of the molecule is CS(=O)(=O)Nc1ccc(S(=O)(=O)NCC2CCCNC2)cc1F. The van der Waals surface area contributed by atoms with Gasteiger partial charge in [-0.1, -0.05) is 0 Å². The van der Waals surface area contributed by atoms with Gasteiger partial charge in [-0.3, -0.25) is 4.72 Å². The topological polar surface area (TPSA) is 104 Å². The summed E-state index contributed by atoms with van der Waals surface area (Å²) in [5.74, 6) is -0.743. The Hall–Kier alpha value is -1.23. The van der Waals surface area contributed by atoms with E-state index in [-0.39, 0.29) is 23.0 Å². The molecule has 2 rings (SSSR count). The van der Waals surface area contributed by atoms with Gasteiger partial charge in [-0.15, -0.1) is 0 Å². The van der Waals surface area contributed by atoms with Gasteiger partial charge in [-0.25, -0.2) is 25.9 Å². The minimum atomic E-state index is -3.84. The predicted octanol–water partition coefficient (Wildman–Crippen LogP) is 0.475. The molecule has 10 heteroatoms. The number of anilines is 1. The summed E-state index contributed by atoms with van der Waals surface area (Å²) in [7, 11) is -7.47. The van der Waals surface area contributed by atoms with Crippen LogP contribution in [0.25, 0.3) is 0 Å². The van der Waals surface area contributed by atoms with E-state index in [0.29, 0.717) is 0 Å². The lowest BCUT2D eigenvalue weighted by Gasteiger charge is -2.22. The summed E-state index contributed by atoms with van der Waals surface area (Å²) >= 11 is 0. The number of nitrogens with one attached hydrogen (secondary N) is 3. The molecule has 0 spiro atoms. The van der Waals surface area contributed by atoms with Crippen molar-refractivity contribution in [2.75, 3.05) is 30.6 Å². The van der Waals surface area contributed by atoms with Gasteiger partial charge < -0.3 is 5.32 Å². The van der Waals surface area contributed by atoms with E-state index in [9.17, 15) is 21.2 Å². The Labute approximate surface area is 135 Å². The van der Waals surface area contributed by atoms with E-state index in [1.54, 1.807) is 0 Å². The lowest BCUT2D eigenvalue weighted by molar-refractivity contribution is 0.376. The molecule has 130 valence electrons. The summed E-state index contributed by atoms with van der Waals surface area (Å²) in [5.41, 5.74) is -0.289. The van der Waals surface area contributed by atoms with Gasteiger partial charge in [0.25, 0.3) is 0 Å². The van der Waals surface area contributed by atoms with Crippen LogP contribution >= 0.6 is 0 Å². The van der Waals surface area contributed by atoms with Gasteiger partial charge in [0.2, 0.25) is 20.0 Å². The van der Waals surface area contributed by atoms with Crippen LogP contribution in [0.4, 0.5) is 10.1 Å². The van der Waals surface area contributed by atoms with Gasteiger partial charge in [0, 0.05) is 6.54 Å². The fourth-order valence-electron chi connectivity index (χ4n) is 2.35. The van der Waals surface area contributed by atoms with Crippen molar-refractivity contribution in [2.45, 2.75) is 17.7 Å². The second kappa shape index (κ2) is 7.12. The van der Waals surface area contributed by atoms with E-state index in [2.05, 4.69) is 10.0 Å². The molecule has 0 amide bonds. The average Bonchev–Trinajstić information content (AvgIpc) is 2.47. The lowest BCUT2D eigenvalue weighted by atomic mass is 10.0. The van der Waals surface area contributed by atoms with Crippen LogP contribution in [0, 0.1) is 11.7 Å². The number of halogens is 1. The Morgan fingerprint density at radius 1 is 1.30 bits per heavy atom. The molecule has 0 saturated carbocycles. The van der Waals surface area contributed by atoms with Gasteiger partial charge >= 0.3 is 0 Å². The van der Waals surface area contributed by atoms with Crippen molar-refractivity contribution >= 4 is 25.7 Å². The van der Waals surface area contributed by atoms with Crippen LogP contribution in [0.2, 0.25) is 0 Å². The Morgan fingerprint density at radius 2 is 2.04 bits per heavy atom. The zero-order valence-corrected chi connectivity index (χ0v) is 14.3. The van der Waals surface area contributed by atoms with E-state index in [1.807, 2.05) is 4.72 Å². The highest BCUT2D eigenvalue weighted by molar-refractivity contribution is 7.92. The van der Waals surface area contributed by atoms with Gasteiger partial charge in [-0.2, -0.15) is 0 Å². The van der Waals surface area contributed by atoms with Gasteiger partial charge in [0.05, 0.1) is 16.8 Å². The monoisotopic (exact) mass is 365 g/mol. The summed E-state index contributed by atoms with van der Waals surface area (Å²) in [4.78, 5) is -0.238. The normalized spacial score (nSPS) is 19.5. The quantitative estimate of drug-likeness (QED) is 0.680. The summed E-state index contributed by atoms with van der Waals surface area (Å²) < 4.78 is 64.9. The van der Waals surface area contributed by atoms with Crippen molar-refractivity contribution in [3.05, 3.63) is 24.0 Å². The molecule has 0 aromatic heterocycles. The van der Waals surface area contributed by atoms with Gasteiger partial charge in [0.15, 0.2) is 0 Å². The van der Waals surface area contributed by atoms with Crippen molar-refractivity contribution in [1.82, 2.24) is 10.0 Å². The third kappa shape index (κ3) is 5.41. The zero-order chi connectivity index (χ0) is 17.1. The first kappa shape index (κ1) is 18.1. The molecule has 1 saturated heterocycles. The van der Waals surface area contributed by atoms with E-state index < -0.39 is 25.9 Å². The molecule has 0 aliphatic carbocycles. The van der Waals surface area contributed by atoms with Crippen molar-refractivity contribution in [2.24, 2.45) is 5.92 Å². The molecule has 1 atom stereocenters. The summed E-state index contributed by atoms with van der Waals surface area (Å²) in [6.45, 7) is 1.96. The molecular formula is C13H20FN3O4S2. The van der Waals surface area contributed by atoms with E-state index in [1.165, 1.54) is 0 Å². The number of hydrogen-bond donors (Lipinski definition) is 3. The second-order valence-corrected chi connectivity index (χ2v) is 9.10. The largest absolute Gasteiger partial charge is 0.316 e. The Kier molecular flexibility index (Phi) is 5.61. The first-order valence-corrected chi connectivity index (χ1v) is 10.5. The second-order valence-electron chi connectivity index (χ2n) is 5.58. The van der Waals surface area contributed by atoms with Crippen molar-refractivity contribution < 1.29 is 21.2 Å². The molecule has 1 aliphatic rings. The zero-order valence-electron chi connectivity index (χ0n) is 12.7. The molecular weight excluding hydrogens is 345 g/mol. The van der Waals surface area contributed by atoms with Crippen molar-refractivity contribution in [3.63, 3.8) is 0 Å². The van der Waals surface area contributed by atoms with Crippen molar-refractivity contribution in [1.29, 1.82) is 0 Å². The summed E-state index contributed by atoms with van der Waals surface area (Å²) in [6, 6.07) is 3.06. The summed E-state index contributed by atoms with van der Waals surface area (Å²) in [5, 5.41) is 3.19. The van der Waals surface area contributed by atoms with E-state index >= 15 is 0 Å². The highest BCUT2D eigenvalue weighted by Gasteiger charge is 2.20. The van der Waals surface area contributed by atoms with Crippen LogP contribution in [0.3, 0.4) is 0 Å². The average molecular weight is 365 g/mol. The highest BCUT2D eigenvalue weighted by atomic mass is 32.2. The smallest absolute Gasteiger partial charge is 0.240 e. The maximum atomic E-state index is 13.9. The van der Waals surface area contributed by atoms with Crippen LogP contribution in [-0.4, -0.2) is 42.7 Å².